The van der Waals surface area contributed by atoms with Gasteiger partial charge in [0.1, 0.15) is 6.23 Å². The molecule has 1 heterocycles. The zero-order chi connectivity index (χ0) is 5.28. The number of hydrogen-bond acceptors (Lipinski definition) is 2. The number of rotatable bonds is 2. The quantitative estimate of drug-likeness (QED) is 0.406. The number of aliphatic hydroxyl groups excluding tert-OH is 1. The highest BCUT2D eigenvalue weighted by atomic mass is 35.5. The summed E-state index contributed by atoms with van der Waals surface area (Å²) >= 11 is 5.30. The van der Waals surface area contributed by atoms with Crippen molar-refractivity contribution in [2.75, 3.05) is 19.0 Å². The molecule has 0 radical (unpaired) electrons. The first kappa shape index (κ1) is 5.35. The third kappa shape index (κ3) is 1.30. The van der Waals surface area contributed by atoms with E-state index in [1.54, 1.807) is 0 Å². The molecule has 1 aliphatic rings. The van der Waals surface area contributed by atoms with E-state index >= 15 is 0 Å². The first-order valence-corrected chi connectivity index (χ1v) is 2.86. The van der Waals surface area contributed by atoms with Gasteiger partial charge in [-0.25, -0.2) is 0 Å². The molecule has 1 unspecified atom stereocenters. The average Bonchev–Trinajstić information content (AvgIpc) is 2.44. The molecule has 3 heteroatoms. The van der Waals surface area contributed by atoms with Crippen molar-refractivity contribution < 1.29 is 5.11 Å². The Morgan fingerprint density at radius 2 is 2.29 bits per heavy atom. The molecule has 1 fully saturated rings. The van der Waals surface area contributed by atoms with Crippen molar-refractivity contribution in [3.05, 3.63) is 0 Å². The second-order valence-corrected chi connectivity index (χ2v) is 1.98. The zero-order valence-corrected chi connectivity index (χ0v) is 4.73. The van der Waals surface area contributed by atoms with E-state index in [-0.39, 0.29) is 6.23 Å². The predicted molar refractivity (Wildman–Crippen MR) is 28.3 cm³/mol. The maximum atomic E-state index is 8.79. The van der Waals surface area contributed by atoms with Gasteiger partial charge in [0.25, 0.3) is 0 Å². The van der Waals surface area contributed by atoms with Gasteiger partial charge in [-0.1, -0.05) is 0 Å². The zero-order valence-electron chi connectivity index (χ0n) is 3.97. The molecule has 1 rings (SSSR count). The second kappa shape index (κ2) is 1.99. The van der Waals surface area contributed by atoms with Crippen molar-refractivity contribution in [2.45, 2.75) is 6.23 Å². The van der Waals surface area contributed by atoms with Gasteiger partial charge < -0.3 is 5.11 Å². The largest absolute Gasteiger partial charge is 0.377 e. The van der Waals surface area contributed by atoms with Crippen LogP contribution in [0.1, 0.15) is 0 Å². The summed E-state index contributed by atoms with van der Waals surface area (Å²) in [7, 11) is 0. The minimum atomic E-state index is -0.387. The van der Waals surface area contributed by atoms with Gasteiger partial charge in [-0.15, -0.1) is 11.6 Å². The van der Waals surface area contributed by atoms with Crippen molar-refractivity contribution in [1.82, 2.24) is 4.90 Å². The van der Waals surface area contributed by atoms with Crippen LogP contribution in [0.3, 0.4) is 0 Å². The minimum absolute atomic E-state index is 0.333. The third-order valence-electron chi connectivity index (χ3n) is 1.04. The van der Waals surface area contributed by atoms with E-state index in [0.29, 0.717) is 5.88 Å². The summed E-state index contributed by atoms with van der Waals surface area (Å²) in [5, 5.41) is 8.79. The molecule has 0 spiro atoms. The first-order chi connectivity index (χ1) is 3.34. The first-order valence-electron chi connectivity index (χ1n) is 2.32. The fourth-order valence-electron chi connectivity index (χ4n) is 0.453. The van der Waals surface area contributed by atoms with E-state index in [4.69, 9.17) is 16.7 Å². The summed E-state index contributed by atoms with van der Waals surface area (Å²) in [5.41, 5.74) is 0. The molecule has 2 nitrogen and oxygen atoms in total. The molecule has 1 atom stereocenters. The third-order valence-corrected chi connectivity index (χ3v) is 1.32. The Hall–Kier alpha value is 0.210. The second-order valence-electron chi connectivity index (χ2n) is 1.67. The van der Waals surface area contributed by atoms with E-state index in [9.17, 15) is 0 Å². The number of halogens is 1. The van der Waals surface area contributed by atoms with Crippen LogP contribution in [-0.2, 0) is 0 Å². The lowest BCUT2D eigenvalue weighted by Gasteiger charge is -2.03. The van der Waals surface area contributed by atoms with E-state index in [1.165, 1.54) is 0 Å². The van der Waals surface area contributed by atoms with Crippen LogP contribution in [0.25, 0.3) is 0 Å². The Bertz CT molecular complexity index is 64.7. The molecule has 1 N–H and O–H groups in total. The normalized spacial score (nSPS) is 24.9. The summed E-state index contributed by atoms with van der Waals surface area (Å²) in [4.78, 5) is 1.90. The fourth-order valence-corrected chi connectivity index (χ4v) is 0.649. The molecule has 0 saturated carbocycles. The Labute approximate surface area is 47.7 Å². The predicted octanol–water partition coefficient (Wildman–Crippen LogP) is -0.141. The van der Waals surface area contributed by atoms with Crippen molar-refractivity contribution >= 4 is 11.6 Å². The fraction of sp³-hybridized carbons (Fsp3) is 1.00. The molecule has 0 aliphatic carbocycles. The van der Waals surface area contributed by atoms with Crippen LogP contribution >= 0.6 is 11.6 Å². The van der Waals surface area contributed by atoms with Crippen molar-refractivity contribution in [2.24, 2.45) is 0 Å². The van der Waals surface area contributed by atoms with Gasteiger partial charge >= 0.3 is 0 Å². The maximum absolute atomic E-state index is 8.79. The lowest BCUT2D eigenvalue weighted by atomic mass is 10.7. The summed E-state index contributed by atoms with van der Waals surface area (Å²) in [6.07, 6.45) is -0.387. The van der Waals surface area contributed by atoms with Crippen LogP contribution in [0.15, 0.2) is 0 Å². The summed E-state index contributed by atoms with van der Waals surface area (Å²) in [6.45, 7) is 2.02. The maximum Gasteiger partial charge on any atom is 0.121 e. The molecule has 42 valence electrons. The highest BCUT2D eigenvalue weighted by molar-refractivity contribution is 6.18. The van der Waals surface area contributed by atoms with E-state index in [0.717, 1.165) is 13.1 Å². The Balaban J connectivity index is 2.10. The number of nitrogens with zero attached hydrogens (tertiary/aromatic N) is 1. The smallest absolute Gasteiger partial charge is 0.121 e. The highest BCUT2D eigenvalue weighted by Gasteiger charge is 2.23. The highest BCUT2D eigenvalue weighted by Crippen LogP contribution is 2.08. The minimum Gasteiger partial charge on any atom is -0.377 e. The van der Waals surface area contributed by atoms with Crippen LogP contribution in [0.2, 0.25) is 0 Å². The molecule has 0 aromatic rings. The number of alkyl halides is 1. The van der Waals surface area contributed by atoms with Crippen LogP contribution in [0.4, 0.5) is 0 Å². The topological polar surface area (TPSA) is 23.2 Å². The van der Waals surface area contributed by atoms with Crippen LogP contribution < -0.4 is 0 Å². The molecular weight excluding hydrogens is 114 g/mol. The summed E-state index contributed by atoms with van der Waals surface area (Å²) < 4.78 is 0. The van der Waals surface area contributed by atoms with Crippen molar-refractivity contribution in [1.29, 1.82) is 0 Å². The number of aliphatic hydroxyl groups is 1. The van der Waals surface area contributed by atoms with Crippen molar-refractivity contribution in [3.8, 4) is 0 Å². The van der Waals surface area contributed by atoms with E-state index in [1.807, 2.05) is 4.90 Å². The van der Waals surface area contributed by atoms with Gasteiger partial charge in [0, 0.05) is 13.1 Å². The van der Waals surface area contributed by atoms with Gasteiger partial charge in [-0.2, -0.15) is 0 Å². The van der Waals surface area contributed by atoms with Gasteiger partial charge in [0.05, 0.1) is 5.88 Å². The number of hydrogen-bond donors (Lipinski definition) is 1. The molecular formula is C4H8ClNO. The standard InChI is InChI=1S/C4H8ClNO/c5-3-4(7)6-1-2-6/h4,7H,1-3H2. The lowest BCUT2D eigenvalue weighted by molar-refractivity contribution is 0.103. The Morgan fingerprint density at radius 3 is 2.43 bits per heavy atom. The van der Waals surface area contributed by atoms with Crippen LogP contribution in [0, 0.1) is 0 Å². The molecule has 0 aromatic heterocycles. The molecule has 1 aliphatic heterocycles. The average molecular weight is 122 g/mol. The SMILES string of the molecule is OC(CCl)N1CC1. The van der Waals surface area contributed by atoms with E-state index < -0.39 is 0 Å². The van der Waals surface area contributed by atoms with Crippen LogP contribution in [-0.4, -0.2) is 35.2 Å². The molecule has 0 amide bonds. The molecule has 0 bridgehead atoms. The summed E-state index contributed by atoms with van der Waals surface area (Å²) in [6, 6.07) is 0. The van der Waals surface area contributed by atoms with Crippen molar-refractivity contribution in [3.63, 3.8) is 0 Å². The Morgan fingerprint density at radius 1 is 1.71 bits per heavy atom. The molecule has 1 saturated heterocycles. The van der Waals surface area contributed by atoms with Gasteiger partial charge in [0.2, 0.25) is 0 Å². The molecule has 7 heavy (non-hydrogen) atoms. The van der Waals surface area contributed by atoms with Crippen LogP contribution in [0.5, 0.6) is 0 Å². The summed E-state index contributed by atoms with van der Waals surface area (Å²) in [5.74, 6) is 0.333. The molecule has 0 aromatic carbocycles. The van der Waals surface area contributed by atoms with Gasteiger partial charge in [-0.3, -0.25) is 4.90 Å². The monoisotopic (exact) mass is 121 g/mol. The lowest BCUT2D eigenvalue weighted by Crippen LogP contribution is -2.18. The van der Waals surface area contributed by atoms with E-state index in [2.05, 4.69) is 0 Å². The van der Waals surface area contributed by atoms with Gasteiger partial charge in [-0.05, 0) is 0 Å². The Kier molecular flexibility index (Phi) is 1.52. The van der Waals surface area contributed by atoms with Gasteiger partial charge in [0.15, 0.2) is 0 Å².